The standard InChI is InChI=1S/C51H61F3N8O8SSi3/c1-9-40(63)60-20-21-70-50(73)26-59(19-16-38(50)60)47(67)58(7)41(29(2)3)46(66)74-37-23-39-56-35(25-71-39)30-14-15-36-32(22-30)33(24-48(4,5)28-69-45(65)34-13-11-18-62(57-34)44(37)64)42(61(36)27-51(52,53)54)31-12-10-17-55-43(31)49(6,72)68-8/h9-10,12,14-15,17,22,25,29,34,37-38,41,57H,1,11,13,16,18-21,23-24,26-28H2,2-8H3/t34-,37-,38?,41-,49+,50?/m0/s1. The molecule has 4 aliphatic rings. The third kappa shape index (κ3) is 11.4. The lowest BCUT2D eigenvalue weighted by molar-refractivity contribution is -0.155. The van der Waals surface area contributed by atoms with E-state index in [2.05, 4.69) is 37.5 Å². The van der Waals surface area contributed by atoms with Crippen molar-refractivity contribution in [3.63, 3.8) is 0 Å². The number of rotatable bonds is 10. The second-order valence-corrected chi connectivity index (χ2v) is 25.1. The maximum Gasteiger partial charge on any atom is 0.406 e. The molecule has 2 unspecified atom stereocenters. The van der Waals surface area contributed by atoms with Crippen LogP contribution in [0.15, 0.2) is 54.6 Å². The van der Waals surface area contributed by atoms with Crippen LogP contribution in [-0.2, 0) is 58.0 Å². The van der Waals surface area contributed by atoms with E-state index in [0.717, 1.165) is 0 Å². The smallest absolute Gasteiger partial charge is 0.406 e. The fraction of sp³-hybridized carbons (Fsp3) is 0.549. The molecule has 23 heteroatoms. The fourth-order valence-electron chi connectivity index (χ4n) is 10.7. The van der Waals surface area contributed by atoms with Gasteiger partial charge in [0.05, 0.1) is 78.3 Å². The molecule has 392 valence electrons. The zero-order chi connectivity index (χ0) is 53.7. The van der Waals surface area contributed by atoms with E-state index in [1.807, 2.05) is 39.1 Å². The van der Waals surface area contributed by atoms with Crippen LogP contribution in [0.4, 0.5) is 18.0 Å². The van der Waals surface area contributed by atoms with Crippen molar-refractivity contribution in [3.05, 3.63) is 70.8 Å². The number of fused-ring (bicyclic) bond motifs is 7. The number of likely N-dealkylation sites (N-methyl/N-ethyl adjacent to an activating group) is 1. The van der Waals surface area contributed by atoms with Crippen LogP contribution in [0.1, 0.15) is 70.1 Å². The van der Waals surface area contributed by atoms with E-state index >= 15 is 0 Å². The van der Waals surface area contributed by atoms with E-state index in [-0.39, 0.29) is 62.4 Å². The van der Waals surface area contributed by atoms with Gasteiger partial charge in [-0.1, -0.05) is 40.3 Å². The normalized spacial score (nSPS) is 23.9. The Hall–Kier alpha value is -5.05. The largest absolute Gasteiger partial charge is 0.464 e. The number of hydrogen-bond donors (Lipinski definition) is 1. The molecule has 74 heavy (non-hydrogen) atoms. The van der Waals surface area contributed by atoms with Gasteiger partial charge in [-0.15, -0.1) is 11.3 Å². The highest BCUT2D eigenvalue weighted by molar-refractivity contribution is 7.10. The molecule has 8 rings (SSSR count). The molecular weight excluding hydrogens is 1030 g/mol. The Morgan fingerprint density at radius 2 is 1.91 bits per heavy atom. The number of thiazole rings is 1. The summed E-state index contributed by atoms with van der Waals surface area (Å²) in [5, 5.41) is 1.76. The number of ether oxygens (including phenoxy) is 3. The van der Waals surface area contributed by atoms with Crippen molar-refractivity contribution in [3.8, 4) is 22.5 Å². The first-order valence-electron chi connectivity index (χ1n) is 24.7. The van der Waals surface area contributed by atoms with Crippen LogP contribution >= 0.6 is 11.3 Å². The van der Waals surface area contributed by atoms with Crippen LogP contribution in [0.25, 0.3) is 33.4 Å². The number of pyridine rings is 1. The molecule has 0 spiro atoms. The van der Waals surface area contributed by atoms with Gasteiger partial charge in [0.1, 0.15) is 27.5 Å². The number of urea groups is 1. The predicted molar refractivity (Wildman–Crippen MR) is 275 cm³/mol. The molecule has 4 aromatic rings. The summed E-state index contributed by atoms with van der Waals surface area (Å²) in [6.45, 7) is 12.7. The van der Waals surface area contributed by atoms with Crippen molar-refractivity contribution in [1.82, 2.24) is 39.7 Å². The van der Waals surface area contributed by atoms with Crippen LogP contribution < -0.4 is 5.43 Å². The number of cyclic esters (lactones) is 1. The van der Waals surface area contributed by atoms with Crippen molar-refractivity contribution in [2.45, 2.75) is 114 Å². The number of nitrogens with one attached hydrogen (secondary N) is 1. The van der Waals surface area contributed by atoms with E-state index in [4.69, 9.17) is 19.2 Å². The number of aromatic nitrogens is 3. The Bertz CT molecular complexity index is 2830. The van der Waals surface area contributed by atoms with E-state index in [1.165, 1.54) is 39.0 Å². The Morgan fingerprint density at radius 3 is 2.61 bits per heavy atom. The fourth-order valence-corrected chi connectivity index (χ4v) is 14.1. The lowest BCUT2D eigenvalue weighted by Crippen LogP contribution is -2.70. The van der Waals surface area contributed by atoms with E-state index in [1.54, 1.807) is 54.2 Å². The Balaban J connectivity index is 1.16. The number of benzene rings is 1. The van der Waals surface area contributed by atoms with Crippen LogP contribution in [0.3, 0.4) is 0 Å². The monoisotopic (exact) mass is 1090 g/mol. The molecule has 4 amide bonds. The van der Waals surface area contributed by atoms with Gasteiger partial charge < -0.3 is 38.3 Å². The maximum absolute atomic E-state index is 14.8. The summed E-state index contributed by atoms with van der Waals surface area (Å²) in [5.74, 6) is -1.60. The van der Waals surface area contributed by atoms with Gasteiger partial charge in [-0.2, -0.15) is 13.2 Å². The predicted octanol–water partition coefficient (Wildman–Crippen LogP) is 5.62. The third-order valence-corrected chi connectivity index (χ3v) is 17.6. The molecule has 7 heterocycles. The maximum atomic E-state index is 14.8. The number of piperidine rings is 1. The number of hydrazine groups is 1. The number of carbonyl (C=O) groups excluding carboxylic acids is 5. The van der Waals surface area contributed by atoms with Gasteiger partial charge in [0.25, 0.3) is 0 Å². The minimum absolute atomic E-state index is 0.0440. The first kappa shape index (κ1) is 55.2. The van der Waals surface area contributed by atoms with Crippen molar-refractivity contribution in [2.75, 3.05) is 53.6 Å². The van der Waals surface area contributed by atoms with Crippen molar-refractivity contribution < 1.29 is 51.4 Å². The number of esters is 1. The molecule has 6 bridgehead atoms. The lowest BCUT2D eigenvalue weighted by atomic mass is 9.84. The Morgan fingerprint density at radius 1 is 1.15 bits per heavy atom. The molecule has 3 aromatic heterocycles. The Kier molecular flexibility index (Phi) is 16.1. The average Bonchev–Trinajstić information content (AvgIpc) is 3.94. The lowest BCUT2D eigenvalue weighted by Gasteiger charge is -2.53. The Labute approximate surface area is 442 Å². The molecule has 8 radical (unpaired) electrons. The molecule has 0 aliphatic carbocycles. The molecule has 16 nitrogen and oxygen atoms in total. The van der Waals surface area contributed by atoms with Gasteiger partial charge in [-0.3, -0.25) is 24.4 Å². The quantitative estimate of drug-likeness (QED) is 0.119. The molecule has 1 N–H and O–H groups in total. The highest BCUT2D eigenvalue weighted by atomic mass is 32.1. The van der Waals surface area contributed by atoms with Crippen LogP contribution in [-0.4, -0.2) is 177 Å². The minimum atomic E-state index is -4.62. The first-order chi connectivity index (χ1) is 34.8. The van der Waals surface area contributed by atoms with E-state index in [0.29, 0.717) is 82.0 Å². The zero-order valence-electron chi connectivity index (χ0n) is 42.6. The average molecular weight is 1090 g/mol. The summed E-state index contributed by atoms with van der Waals surface area (Å²) in [7, 11) is 9.89. The summed E-state index contributed by atoms with van der Waals surface area (Å²) in [4.78, 5) is 85.1. The number of morpholine rings is 1. The second kappa shape index (κ2) is 21.5. The number of hydrogen-bond acceptors (Lipinski definition) is 12. The van der Waals surface area contributed by atoms with Crippen molar-refractivity contribution in [1.29, 1.82) is 0 Å². The molecule has 3 fully saturated rings. The molecule has 0 saturated carbocycles. The number of nitrogens with zero attached hydrogens (tertiary/aromatic N) is 7. The van der Waals surface area contributed by atoms with Crippen molar-refractivity contribution in [2.24, 2.45) is 11.3 Å². The summed E-state index contributed by atoms with van der Waals surface area (Å²) < 4.78 is 63.5. The van der Waals surface area contributed by atoms with Gasteiger partial charge >= 0.3 is 18.2 Å². The minimum Gasteiger partial charge on any atom is -0.464 e. The number of likely N-dealkylation sites (tertiary alicyclic amines) is 1. The summed E-state index contributed by atoms with van der Waals surface area (Å²) >= 11 is 1.29. The van der Waals surface area contributed by atoms with Crippen LogP contribution in [0.2, 0.25) is 5.54 Å². The highest BCUT2D eigenvalue weighted by Gasteiger charge is 2.50. The van der Waals surface area contributed by atoms with E-state index in [9.17, 15) is 37.1 Å². The number of halogens is 3. The van der Waals surface area contributed by atoms with Gasteiger partial charge in [0, 0.05) is 91.3 Å². The number of amides is 4. The van der Waals surface area contributed by atoms with Gasteiger partial charge in [-0.05, 0) is 74.4 Å². The molecular formula is C51H61F3N8O8SSi3. The second-order valence-electron chi connectivity index (χ2n) is 20.8. The number of methoxy groups -OCH3 is 1. The summed E-state index contributed by atoms with van der Waals surface area (Å²) in [6.07, 6.45) is -0.333. The third-order valence-electron chi connectivity index (χ3n) is 14.3. The summed E-state index contributed by atoms with van der Waals surface area (Å²) in [5.41, 5.74) is 4.43. The first-order valence-corrected chi connectivity index (χ1v) is 27.6. The van der Waals surface area contributed by atoms with Crippen molar-refractivity contribution >= 4 is 81.5 Å². The SMILES string of the molecule is C=CC(=O)N1CCOC2([Si])CN(C(=O)N(C)[C@H](C(=O)[Si][C@H]3Cc4nc(cs4)-c4ccc5c(c4)c(c(-c4cccnc4[C@@](C)([Si])OC)n5CC(F)(F)F)CC(C)(C)COC(=O)[C@@H]4CCCN(N4)C3=O)C(C)C)CCC12. The zero-order valence-corrected chi connectivity index (χ0v) is 46.5. The van der Waals surface area contributed by atoms with E-state index < -0.39 is 73.6 Å². The number of carbonyl (C=O) groups is 5. The topological polar surface area (TPSA) is 169 Å². The molecule has 6 atom stereocenters. The van der Waals surface area contributed by atoms with Crippen LogP contribution in [0, 0.1) is 11.3 Å². The van der Waals surface area contributed by atoms with Gasteiger partial charge in [0.2, 0.25) is 11.8 Å². The molecule has 1 aromatic carbocycles. The summed E-state index contributed by atoms with van der Waals surface area (Å²) in [6, 6.07) is 6.01. The van der Waals surface area contributed by atoms with Gasteiger partial charge in [0.15, 0.2) is 0 Å². The van der Waals surface area contributed by atoms with Crippen LogP contribution in [0.5, 0.6) is 0 Å². The molecule has 4 aliphatic heterocycles. The number of alkyl halides is 3. The molecule has 3 saturated heterocycles. The van der Waals surface area contributed by atoms with Gasteiger partial charge in [-0.25, -0.2) is 15.2 Å². The highest BCUT2D eigenvalue weighted by Crippen LogP contribution is 2.44.